The monoisotopic (exact) mass is 278 g/mol. The van der Waals surface area contributed by atoms with E-state index in [1.807, 2.05) is 91.8 Å². The van der Waals surface area contributed by atoms with Gasteiger partial charge in [0.1, 0.15) is 6.33 Å². The zero-order valence-electron chi connectivity index (χ0n) is 14.7. The van der Waals surface area contributed by atoms with Crippen molar-refractivity contribution in [3.05, 3.63) is 61.2 Å². The van der Waals surface area contributed by atoms with Crippen LogP contribution >= 0.6 is 0 Å². The summed E-state index contributed by atoms with van der Waals surface area (Å²) < 4.78 is 0. The predicted octanol–water partition coefficient (Wildman–Crippen LogP) is 6.27. The average Bonchev–Trinajstić information content (AvgIpc) is 2.65. The molecule has 0 amide bonds. The fourth-order valence-corrected chi connectivity index (χ4v) is 0.638. The number of aromatic nitrogens is 2. The maximum absolute atomic E-state index is 3.67. The van der Waals surface area contributed by atoms with Crippen LogP contribution in [0.4, 0.5) is 0 Å². The Morgan fingerprint density at radius 1 is 0.400 bits per heavy atom. The molecule has 0 radical (unpaired) electrons. The van der Waals surface area contributed by atoms with Crippen molar-refractivity contribution < 1.29 is 0 Å². The second-order valence-corrected chi connectivity index (χ2v) is 2.06. The number of rotatable bonds is 0. The third-order valence-electron chi connectivity index (χ3n) is 1.14. The molecule has 2 rings (SSSR count). The minimum atomic E-state index is 1.50. The molecule has 2 aromatic rings. The van der Waals surface area contributed by atoms with Gasteiger partial charge >= 0.3 is 0 Å². The minimum absolute atomic E-state index is 1.50. The van der Waals surface area contributed by atoms with Crippen molar-refractivity contribution in [3.63, 3.8) is 0 Å². The lowest BCUT2D eigenvalue weighted by atomic mass is 10.4. The van der Waals surface area contributed by atoms with Gasteiger partial charge in [0.05, 0.1) is 0 Å². The highest BCUT2D eigenvalue weighted by molar-refractivity contribution is 4.99. The topological polar surface area (TPSA) is 25.8 Å². The van der Waals surface area contributed by atoms with E-state index in [2.05, 4.69) is 9.97 Å². The zero-order valence-corrected chi connectivity index (χ0v) is 14.7. The molecule has 0 saturated heterocycles. The van der Waals surface area contributed by atoms with Gasteiger partial charge in [-0.15, -0.1) is 0 Å². The molecule has 1 heterocycles. The Balaban J connectivity index is -0.0000000863. The van der Waals surface area contributed by atoms with Gasteiger partial charge in [-0.3, -0.25) is 0 Å². The molecular formula is C18H34N2. The van der Waals surface area contributed by atoms with Crippen LogP contribution in [0.1, 0.15) is 55.4 Å². The molecule has 1 aromatic heterocycles. The summed E-state index contributed by atoms with van der Waals surface area (Å²) in [5, 5.41) is 0. The van der Waals surface area contributed by atoms with Gasteiger partial charge in [0.2, 0.25) is 0 Å². The second kappa shape index (κ2) is 43.3. The van der Waals surface area contributed by atoms with Crippen LogP contribution in [0.5, 0.6) is 0 Å². The largest absolute Gasteiger partial charge is 0.245 e. The number of benzene rings is 1. The first-order valence-corrected chi connectivity index (χ1v) is 7.70. The van der Waals surface area contributed by atoms with E-state index in [0.29, 0.717) is 0 Å². The van der Waals surface area contributed by atoms with Crippen molar-refractivity contribution in [2.75, 3.05) is 0 Å². The number of nitrogens with zero attached hydrogens (tertiary/aromatic N) is 2. The molecule has 1 aromatic carbocycles. The summed E-state index contributed by atoms with van der Waals surface area (Å²) in [5.74, 6) is 0. The van der Waals surface area contributed by atoms with Crippen LogP contribution in [0.25, 0.3) is 0 Å². The molecule has 0 aliphatic rings. The van der Waals surface area contributed by atoms with Crippen LogP contribution in [0, 0.1) is 0 Å². The molecule has 0 unspecified atom stereocenters. The minimum Gasteiger partial charge on any atom is -0.245 e. The first-order valence-electron chi connectivity index (χ1n) is 7.70. The van der Waals surface area contributed by atoms with Crippen molar-refractivity contribution in [2.24, 2.45) is 0 Å². The molecule has 116 valence electrons. The number of hydrogen-bond acceptors (Lipinski definition) is 2. The van der Waals surface area contributed by atoms with Gasteiger partial charge in [-0.2, -0.15) is 0 Å². The summed E-state index contributed by atoms with van der Waals surface area (Å²) in [5.41, 5.74) is 0. The lowest BCUT2D eigenvalue weighted by molar-refractivity contribution is 1.17. The van der Waals surface area contributed by atoms with Crippen LogP contribution in [0.15, 0.2) is 61.2 Å². The van der Waals surface area contributed by atoms with Gasteiger partial charge in [-0.25, -0.2) is 9.97 Å². The molecule has 0 aliphatic heterocycles. The van der Waals surface area contributed by atoms with Gasteiger partial charge in [0.15, 0.2) is 0 Å². The maximum Gasteiger partial charge on any atom is 0.115 e. The van der Waals surface area contributed by atoms with Gasteiger partial charge in [0, 0.05) is 12.4 Å². The van der Waals surface area contributed by atoms with Crippen LogP contribution in [0.2, 0.25) is 0 Å². The first-order chi connectivity index (χ1) is 10.0. The SMILES string of the molecule is CC.CC.CC.CC.c1ccccc1.c1cncnc1. The molecule has 0 fully saturated rings. The van der Waals surface area contributed by atoms with E-state index in [-0.39, 0.29) is 0 Å². The molecule has 0 saturated carbocycles. The third kappa shape index (κ3) is 36.0. The van der Waals surface area contributed by atoms with E-state index in [9.17, 15) is 0 Å². The summed E-state index contributed by atoms with van der Waals surface area (Å²) in [4.78, 5) is 7.35. The second-order valence-electron chi connectivity index (χ2n) is 2.06. The van der Waals surface area contributed by atoms with Crippen LogP contribution in [0.3, 0.4) is 0 Å². The van der Waals surface area contributed by atoms with Gasteiger partial charge < -0.3 is 0 Å². The molecule has 2 heteroatoms. The lowest BCUT2D eigenvalue weighted by Crippen LogP contribution is -1.66. The highest BCUT2D eigenvalue weighted by Gasteiger charge is 1.59. The summed E-state index contributed by atoms with van der Waals surface area (Å²) in [7, 11) is 0. The smallest absolute Gasteiger partial charge is 0.115 e. The van der Waals surface area contributed by atoms with Crippen LogP contribution < -0.4 is 0 Å². The third-order valence-corrected chi connectivity index (χ3v) is 1.14. The zero-order chi connectivity index (χ0) is 16.5. The predicted molar refractivity (Wildman–Crippen MR) is 93.9 cm³/mol. The van der Waals surface area contributed by atoms with Gasteiger partial charge in [0.25, 0.3) is 0 Å². The average molecular weight is 278 g/mol. The standard InChI is InChI=1S/C6H6.C4H4N2.4C2H6/c1-2-4-6-5-3-1;1-2-5-4-6-3-1;4*1-2/h1-6H;1-4H;4*1-2H3. The van der Waals surface area contributed by atoms with Crippen molar-refractivity contribution in [1.29, 1.82) is 0 Å². The normalized spacial score (nSPS) is 6.00. The summed E-state index contributed by atoms with van der Waals surface area (Å²) >= 11 is 0. The van der Waals surface area contributed by atoms with E-state index in [4.69, 9.17) is 0 Å². The Morgan fingerprint density at radius 2 is 0.650 bits per heavy atom. The summed E-state index contributed by atoms with van der Waals surface area (Å²) in [6.45, 7) is 16.0. The summed E-state index contributed by atoms with van der Waals surface area (Å²) in [6, 6.07) is 13.8. The lowest BCUT2D eigenvalue weighted by Gasteiger charge is -1.70. The summed E-state index contributed by atoms with van der Waals surface area (Å²) in [6.07, 6.45) is 4.88. The molecule has 0 atom stereocenters. The molecule has 0 N–H and O–H groups in total. The Hall–Kier alpha value is -1.70. The molecule has 0 spiro atoms. The van der Waals surface area contributed by atoms with Gasteiger partial charge in [-0.1, -0.05) is 91.8 Å². The Kier molecular flexibility index (Phi) is 58.0. The van der Waals surface area contributed by atoms with E-state index in [1.54, 1.807) is 18.5 Å². The highest BCUT2D eigenvalue weighted by Crippen LogP contribution is 1.79. The Bertz CT molecular complexity index is 185. The van der Waals surface area contributed by atoms with Crippen molar-refractivity contribution in [1.82, 2.24) is 9.97 Å². The first kappa shape index (κ1) is 26.8. The van der Waals surface area contributed by atoms with Crippen LogP contribution in [-0.4, -0.2) is 9.97 Å². The van der Waals surface area contributed by atoms with Crippen molar-refractivity contribution in [3.8, 4) is 0 Å². The maximum atomic E-state index is 3.67. The van der Waals surface area contributed by atoms with E-state index in [1.165, 1.54) is 6.33 Å². The molecular weight excluding hydrogens is 244 g/mol. The Labute approximate surface area is 127 Å². The molecule has 0 aliphatic carbocycles. The van der Waals surface area contributed by atoms with E-state index >= 15 is 0 Å². The quantitative estimate of drug-likeness (QED) is 0.567. The fourth-order valence-electron chi connectivity index (χ4n) is 0.638. The van der Waals surface area contributed by atoms with Crippen LogP contribution in [-0.2, 0) is 0 Å². The molecule has 20 heavy (non-hydrogen) atoms. The van der Waals surface area contributed by atoms with Gasteiger partial charge in [-0.05, 0) is 6.07 Å². The molecule has 0 bridgehead atoms. The molecule has 2 nitrogen and oxygen atoms in total. The number of hydrogen-bond donors (Lipinski definition) is 0. The Morgan fingerprint density at radius 3 is 0.750 bits per heavy atom. The van der Waals surface area contributed by atoms with Crippen molar-refractivity contribution in [2.45, 2.75) is 55.4 Å². The van der Waals surface area contributed by atoms with E-state index in [0.717, 1.165) is 0 Å². The fraction of sp³-hybridized carbons (Fsp3) is 0.444. The van der Waals surface area contributed by atoms with Crippen molar-refractivity contribution >= 4 is 0 Å². The highest BCUT2D eigenvalue weighted by atomic mass is 14.8. The van der Waals surface area contributed by atoms with E-state index < -0.39 is 0 Å².